The number of aromatic nitrogens is 3. The van der Waals surface area contributed by atoms with E-state index >= 15 is 0 Å². The van der Waals surface area contributed by atoms with E-state index in [1.54, 1.807) is 23.3 Å². The lowest BCUT2D eigenvalue weighted by Gasteiger charge is -2.25. The number of benzene rings is 1. The van der Waals surface area contributed by atoms with Crippen LogP contribution in [0.3, 0.4) is 0 Å². The van der Waals surface area contributed by atoms with Crippen LogP contribution in [0.25, 0.3) is 5.69 Å². The summed E-state index contributed by atoms with van der Waals surface area (Å²) in [5, 5.41) is 19.9. The predicted octanol–water partition coefficient (Wildman–Crippen LogP) is 0.294. The maximum Gasteiger partial charge on any atom is 0.166 e. The Bertz CT molecular complexity index is 799. The largest absolute Gasteiger partial charge is 0.409 e. The Morgan fingerprint density at radius 1 is 1.41 bits per heavy atom. The summed E-state index contributed by atoms with van der Waals surface area (Å²) < 4.78 is 15.3. The first-order valence-corrected chi connectivity index (χ1v) is 6.67. The van der Waals surface area contributed by atoms with E-state index in [-0.39, 0.29) is 17.7 Å². The van der Waals surface area contributed by atoms with Crippen LogP contribution in [-0.2, 0) is 6.42 Å². The lowest BCUT2D eigenvalue weighted by atomic mass is 10.0. The van der Waals surface area contributed by atoms with Gasteiger partial charge in [0.05, 0.1) is 35.6 Å². The molecule has 1 aromatic carbocycles. The third kappa shape index (κ3) is 1.68. The number of rotatable bonds is 1. The normalized spacial score (nSPS) is 23.0. The summed E-state index contributed by atoms with van der Waals surface area (Å²) in [5.74, 6) is -0.323. The Balaban J connectivity index is 1.91. The maximum absolute atomic E-state index is 13.6. The van der Waals surface area contributed by atoms with Gasteiger partial charge in [0.15, 0.2) is 5.84 Å². The average molecular weight is 301 g/mol. The van der Waals surface area contributed by atoms with Gasteiger partial charge < -0.3 is 15.8 Å². The van der Waals surface area contributed by atoms with Gasteiger partial charge in [0.1, 0.15) is 11.9 Å². The van der Waals surface area contributed by atoms with Gasteiger partial charge >= 0.3 is 0 Å². The van der Waals surface area contributed by atoms with Crippen molar-refractivity contribution in [2.24, 2.45) is 15.9 Å². The second-order valence-electron chi connectivity index (χ2n) is 5.18. The summed E-state index contributed by atoms with van der Waals surface area (Å²) in [6.07, 6.45) is 3.79. The summed E-state index contributed by atoms with van der Waals surface area (Å²) >= 11 is 0. The molecule has 0 saturated heterocycles. The number of hydrogen-bond donors (Lipinski definition) is 2. The SMILES string of the molecule is N/C(=N\O)C1N=CN2c3ccc(F)cc3-n3nncc3CC12. The maximum atomic E-state index is 13.6. The third-order valence-electron chi connectivity index (χ3n) is 3.97. The number of nitrogens with zero attached hydrogens (tertiary/aromatic N) is 6. The minimum absolute atomic E-state index is 0.0355. The van der Waals surface area contributed by atoms with Gasteiger partial charge in [-0.1, -0.05) is 10.4 Å². The molecule has 9 heteroatoms. The molecular weight excluding hydrogens is 289 g/mol. The lowest BCUT2D eigenvalue weighted by Crippen LogP contribution is -2.44. The van der Waals surface area contributed by atoms with E-state index in [2.05, 4.69) is 20.5 Å². The van der Waals surface area contributed by atoms with E-state index in [9.17, 15) is 4.39 Å². The van der Waals surface area contributed by atoms with Crippen LogP contribution in [0.1, 0.15) is 5.69 Å². The van der Waals surface area contributed by atoms with Crippen LogP contribution < -0.4 is 10.6 Å². The standard InChI is InChI=1S/C13H12FN7O/c14-7-1-2-9-10(3-7)21-8(5-17-19-21)4-11-12(13(15)18-22)16-6-20(9)11/h1-3,5-6,11-12,22H,4H2,(H2,15,18). The van der Waals surface area contributed by atoms with Crippen molar-refractivity contribution < 1.29 is 9.60 Å². The van der Waals surface area contributed by atoms with Crippen molar-refractivity contribution >= 4 is 17.9 Å². The molecule has 2 atom stereocenters. The number of hydrogen-bond acceptors (Lipinski definition) is 6. The second kappa shape index (κ2) is 4.52. The van der Waals surface area contributed by atoms with Crippen molar-refractivity contribution in [1.82, 2.24) is 15.0 Å². The minimum Gasteiger partial charge on any atom is -0.409 e. The first kappa shape index (κ1) is 12.7. The molecule has 3 N–H and O–H groups in total. The second-order valence-corrected chi connectivity index (χ2v) is 5.18. The molecule has 3 heterocycles. The monoisotopic (exact) mass is 301 g/mol. The van der Waals surface area contributed by atoms with Gasteiger partial charge in [-0.05, 0) is 12.1 Å². The van der Waals surface area contributed by atoms with Crippen molar-refractivity contribution in [2.45, 2.75) is 18.5 Å². The fraction of sp³-hybridized carbons (Fsp3) is 0.231. The van der Waals surface area contributed by atoms with Gasteiger partial charge in [0.25, 0.3) is 0 Å². The van der Waals surface area contributed by atoms with Crippen molar-refractivity contribution in [1.29, 1.82) is 0 Å². The van der Waals surface area contributed by atoms with Crippen molar-refractivity contribution in [3.05, 3.63) is 35.9 Å². The number of oxime groups is 1. The fourth-order valence-corrected chi connectivity index (χ4v) is 2.96. The molecule has 0 bridgehead atoms. The predicted molar refractivity (Wildman–Crippen MR) is 77.0 cm³/mol. The molecule has 0 saturated carbocycles. The van der Waals surface area contributed by atoms with Crippen LogP contribution >= 0.6 is 0 Å². The van der Waals surface area contributed by atoms with Crippen LogP contribution in [-0.4, -0.2) is 44.5 Å². The summed E-state index contributed by atoms with van der Waals surface area (Å²) in [6, 6.07) is 3.78. The molecule has 1 aromatic heterocycles. The smallest absolute Gasteiger partial charge is 0.166 e. The highest BCUT2D eigenvalue weighted by Gasteiger charge is 2.38. The summed E-state index contributed by atoms with van der Waals surface area (Å²) in [7, 11) is 0. The highest BCUT2D eigenvalue weighted by atomic mass is 19.1. The summed E-state index contributed by atoms with van der Waals surface area (Å²) in [6.45, 7) is 0. The molecule has 0 spiro atoms. The van der Waals surface area contributed by atoms with Gasteiger partial charge in [-0.2, -0.15) is 0 Å². The Morgan fingerprint density at radius 3 is 3.09 bits per heavy atom. The van der Waals surface area contributed by atoms with E-state index in [0.29, 0.717) is 12.1 Å². The Kier molecular flexibility index (Phi) is 2.62. The van der Waals surface area contributed by atoms with Crippen molar-refractivity contribution in [3.8, 4) is 5.69 Å². The Morgan fingerprint density at radius 2 is 2.27 bits per heavy atom. The number of aliphatic imine (C=N–C) groups is 1. The minimum atomic E-state index is -0.482. The molecule has 2 aromatic rings. The molecular formula is C13H12FN7O. The summed E-state index contributed by atoms with van der Waals surface area (Å²) in [4.78, 5) is 6.21. The zero-order valence-electron chi connectivity index (χ0n) is 11.3. The van der Waals surface area contributed by atoms with E-state index in [1.165, 1.54) is 12.1 Å². The van der Waals surface area contributed by atoms with Crippen LogP contribution in [0.4, 0.5) is 10.1 Å². The zero-order valence-corrected chi connectivity index (χ0v) is 11.3. The molecule has 0 radical (unpaired) electrons. The Labute approximate surface area is 124 Å². The molecule has 2 aliphatic rings. The number of amidine groups is 1. The van der Waals surface area contributed by atoms with E-state index < -0.39 is 6.04 Å². The van der Waals surface area contributed by atoms with Crippen molar-refractivity contribution in [3.63, 3.8) is 0 Å². The van der Waals surface area contributed by atoms with Crippen LogP contribution in [0.2, 0.25) is 0 Å². The van der Waals surface area contributed by atoms with E-state index in [1.807, 2.05) is 4.90 Å². The topological polar surface area (TPSA) is 105 Å². The first-order chi connectivity index (χ1) is 10.7. The summed E-state index contributed by atoms with van der Waals surface area (Å²) in [5.41, 5.74) is 7.87. The lowest BCUT2D eigenvalue weighted by molar-refractivity contribution is 0.315. The zero-order chi connectivity index (χ0) is 15.3. The first-order valence-electron chi connectivity index (χ1n) is 6.67. The molecule has 0 amide bonds. The highest BCUT2D eigenvalue weighted by molar-refractivity contribution is 5.95. The Hall–Kier alpha value is -2.97. The third-order valence-corrected chi connectivity index (χ3v) is 3.97. The molecule has 22 heavy (non-hydrogen) atoms. The number of anilines is 1. The van der Waals surface area contributed by atoms with E-state index in [4.69, 9.17) is 10.9 Å². The number of fused-ring (bicyclic) bond motifs is 5. The molecule has 2 unspecified atom stereocenters. The van der Waals surface area contributed by atoms with Crippen LogP contribution in [0.5, 0.6) is 0 Å². The van der Waals surface area contributed by atoms with Crippen LogP contribution in [0, 0.1) is 5.82 Å². The number of halogens is 1. The van der Waals surface area contributed by atoms with Crippen molar-refractivity contribution in [2.75, 3.05) is 4.90 Å². The molecule has 4 rings (SSSR count). The quantitative estimate of drug-likeness (QED) is 0.341. The molecule has 0 fully saturated rings. The van der Waals surface area contributed by atoms with Gasteiger partial charge in [-0.25, -0.2) is 9.07 Å². The molecule has 0 aliphatic carbocycles. The molecule has 112 valence electrons. The van der Waals surface area contributed by atoms with Gasteiger partial charge in [0.2, 0.25) is 0 Å². The van der Waals surface area contributed by atoms with E-state index in [0.717, 1.165) is 11.4 Å². The van der Waals surface area contributed by atoms with Gasteiger partial charge in [-0.3, -0.25) is 4.99 Å². The fourth-order valence-electron chi connectivity index (χ4n) is 2.96. The average Bonchev–Trinajstić information content (AvgIpc) is 3.12. The number of nitrogens with two attached hydrogens (primary N) is 1. The highest BCUT2D eigenvalue weighted by Crippen LogP contribution is 2.34. The molecule has 8 nitrogen and oxygen atoms in total. The van der Waals surface area contributed by atoms with Crippen LogP contribution in [0.15, 0.2) is 34.5 Å². The van der Waals surface area contributed by atoms with Gasteiger partial charge in [-0.15, -0.1) is 5.10 Å². The van der Waals surface area contributed by atoms with Gasteiger partial charge in [0, 0.05) is 12.5 Å². The molecule has 2 aliphatic heterocycles.